The Labute approximate surface area is 113 Å². The first-order chi connectivity index (χ1) is 9.08. The molecule has 1 aromatic rings. The van der Waals surface area contributed by atoms with Crippen molar-refractivity contribution < 1.29 is 14.6 Å². The van der Waals surface area contributed by atoms with Gasteiger partial charge in [0.05, 0.1) is 19.4 Å². The third kappa shape index (κ3) is 4.65. The molecule has 1 amide bonds. The highest BCUT2D eigenvalue weighted by molar-refractivity contribution is 5.93. The summed E-state index contributed by atoms with van der Waals surface area (Å²) in [6.07, 6.45) is 0.430. The fraction of sp³-hybridized carbons (Fsp3) is 0.400. The molecule has 0 atom stereocenters. The lowest BCUT2D eigenvalue weighted by molar-refractivity contribution is -0.118. The molecule has 1 aromatic carbocycles. The second-order valence-electron chi connectivity index (χ2n) is 4.33. The highest BCUT2D eigenvalue weighted by Gasteiger charge is 2.11. The van der Waals surface area contributed by atoms with Crippen LogP contribution in [-0.2, 0) is 4.79 Å². The van der Waals surface area contributed by atoms with Crippen LogP contribution >= 0.6 is 0 Å². The summed E-state index contributed by atoms with van der Waals surface area (Å²) in [7, 11) is 1.55. The summed E-state index contributed by atoms with van der Waals surface area (Å²) in [5, 5.41) is 11.5. The predicted octanol–water partition coefficient (Wildman–Crippen LogP) is 2.02. The van der Waals surface area contributed by atoms with Gasteiger partial charge in [-0.15, -0.1) is 0 Å². The Morgan fingerprint density at radius 3 is 2.79 bits per heavy atom. The average Bonchev–Trinajstić information content (AvgIpc) is 2.39. The van der Waals surface area contributed by atoms with Gasteiger partial charge in [0, 0.05) is 17.9 Å². The predicted molar refractivity (Wildman–Crippen MR) is 75.0 cm³/mol. The van der Waals surface area contributed by atoms with Crippen LogP contribution in [0.15, 0.2) is 18.2 Å². The molecule has 0 saturated carbocycles. The minimum Gasteiger partial charge on any atom is -0.495 e. The number of benzene rings is 1. The van der Waals surface area contributed by atoms with Crippen molar-refractivity contribution >= 4 is 11.6 Å². The summed E-state index contributed by atoms with van der Waals surface area (Å²) in [5.74, 6) is 6.19. The van der Waals surface area contributed by atoms with E-state index in [1.807, 2.05) is 19.9 Å². The monoisotopic (exact) mass is 261 g/mol. The van der Waals surface area contributed by atoms with Gasteiger partial charge in [0.2, 0.25) is 5.91 Å². The van der Waals surface area contributed by atoms with Crippen molar-refractivity contribution in [1.29, 1.82) is 0 Å². The molecule has 1 rings (SSSR count). The van der Waals surface area contributed by atoms with Crippen LogP contribution in [0.3, 0.4) is 0 Å². The number of carbonyl (C=O) groups excluding carboxylic acids is 1. The number of aliphatic hydroxyl groups excluding tert-OH is 1. The largest absolute Gasteiger partial charge is 0.495 e. The Kier molecular flexibility index (Phi) is 5.91. The van der Waals surface area contributed by atoms with Crippen molar-refractivity contribution in [2.75, 3.05) is 19.0 Å². The third-order valence-electron chi connectivity index (χ3n) is 2.45. The van der Waals surface area contributed by atoms with Crippen molar-refractivity contribution in [2.45, 2.75) is 20.3 Å². The van der Waals surface area contributed by atoms with Crippen molar-refractivity contribution in [3.8, 4) is 17.6 Å². The first-order valence-electron chi connectivity index (χ1n) is 6.17. The number of amides is 1. The Morgan fingerprint density at radius 2 is 2.21 bits per heavy atom. The second-order valence-corrected chi connectivity index (χ2v) is 4.33. The Morgan fingerprint density at radius 1 is 1.47 bits per heavy atom. The van der Waals surface area contributed by atoms with E-state index in [4.69, 9.17) is 9.84 Å². The lowest BCUT2D eigenvalue weighted by atomic mass is 10.1. The van der Waals surface area contributed by atoms with E-state index in [0.717, 1.165) is 5.56 Å². The average molecular weight is 261 g/mol. The Bertz CT molecular complexity index is 498. The van der Waals surface area contributed by atoms with E-state index >= 15 is 0 Å². The molecule has 0 aliphatic rings. The molecule has 0 spiro atoms. The number of methoxy groups -OCH3 is 1. The van der Waals surface area contributed by atoms with Crippen LogP contribution in [0.2, 0.25) is 0 Å². The van der Waals surface area contributed by atoms with Gasteiger partial charge in [-0.2, -0.15) is 0 Å². The number of nitrogens with one attached hydrogen (secondary N) is 1. The third-order valence-corrected chi connectivity index (χ3v) is 2.45. The molecule has 0 heterocycles. The van der Waals surface area contributed by atoms with Gasteiger partial charge in [0.15, 0.2) is 0 Å². The molecule has 0 aliphatic heterocycles. The fourth-order valence-corrected chi connectivity index (χ4v) is 1.38. The van der Waals surface area contributed by atoms with Gasteiger partial charge in [-0.05, 0) is 18.2 Å². The molecule has 2 N–H and O–H groups in total. The highest BCUT2D eigenvalue weighted by atomic mass is 16.5. The molecule has 0 radical (unpaired) electrons. The molecule has 0 aromatic heterocycles. The van der Waals surface area contributed by atoms with Crippen LogP contribution < -0.4 is 10.1 Å². The fourth-order valence-electron chi connectivity index (χ4n) is 1.38. The number of aliphatic hydroxyl groups is 1. The molecular weight excluding hydrogens is 242 g/mol. The maximum atomic E-state index is 11.7. The SMILES string of the molecule is COc1ccc(C#CCCO)cc1NC(=O)C(C)C. The van der Waals surface area contributed by atoms with Gasteiger partial charge >= 0.3 is 0 Å². The van der Waals surface area contributed by atoms with E-state index in [-0.39, 0.29) is 18.4 Å². The van der Waals surface area contributed by atoms with Crippen LogP contribution in [-0.4, -0.2) is 24.7 Å². The molecule has 102 valence electrons. The van der Waals surface area contributed by atoms with E-state index < -0.39 is 0 Å². The van der Waals surface area contributed by atoms with E-state index in [1.165, 1.54) is 0 Å². The number of hydrogen-bond acceptors (Lipinski definition) is 3. The summed E-state index contributed by atoms with van der Waals surface area (Å²) < 4.78 is 5.20. The molecule has 0 unspecified atom stereocenters. The first-order valence-corrected chi connectivity index (χ1v) is 6.17. The lowest BCUT2D eigenvalue weighted by Crippen LogP contribution is -2.18. The maximum absolute atomic E-state index is 11.7. The van der Waals surface area contributed by atoms with Crippen LogP contribution in [0.1, 0.15) is 25.8 Å². The topological polar surface area (TPSA) is 58.6 Å². The Balaban J connectivity index is 2.97. The maximum Gasteiger partial charge on any atom is 0.227 e. The minimum absolute atomic E-state index is 0.0418. The summed E-state index contributed by atoms with van der Waals surface area (Å²) in [4.78, 5) is 11.7. The molecule has 0 fully saturated rings. The van der Waals surface area contributed by atoms with Crippen LogP contribution in [0.25, 0.3) is 0 Å². The van der Waals surface area contributed by atoms with Crippen molar-refractivity contribution in [1.82, 2.24) is 0 Å². The zero-order valence-corrected chi connectivity index (χ0v) is 11.5. The molecule has 0 saturated heterocycles. The van der Waals surface area contributed by atoms with Crippen LogP contribution in [0, 0.1) is 17.8 Å². The molecule has 4 nitrogen and oxygen atoms in total. The second kappa shape index (κ2) is 7.45. The number of ether oxygens (including phenoxy) is 1. The number of hydrogen-bond donors (Lipinski definition) is 2. The normalized spacial score (nSPS) is 9.74. The molecule has 0 aliphatic carbocycles. The van der Waals surface area contributed by atoms with Crippen LogP contribution in [0.5, 0.6) is 5.75 Å². The van der Waals surface area contributed by atoms with Gasteiger partial charge in [0.1, 0.15) is 5.75 Å². The molecule has 4 heteroatoms. The van der Waals surface area contributed by atoms with Gasteiger partial charge in [-0.3, -0.25) is 4.79 Å². The summed E-state index contributed by atoms with van der Waals surface area (Å²) in [5.41, 5.74) is 1.38. The zero-order chi connectivity index (χ0) is 14.3. The van der Waals surface area contributed by atoms with Gasteiger partial charge in [-0.1, -0.05) is 25.7 Å². The molecule has 19 heavy (non-hydrogen) atoms. The standard InChI is InChI=1S/C15H19NO3/c1-11(2)15(18)16-13-10-12(6-4-5-9-17)7-8-14(13)19-3/h7-8,10-11,17H,5,9H2,1-3H3,(H,16,18). The van der Waals surface area contributed by atoms with Gasteiger partial charge in [0.25, 0.3) is 0 Å². The lowest BCUT2D eigenvalue weighted by Gasteiger charge is -2.12. The first kappa shape index (κ1) is 15.1. The van der Waals surface area contributed by atoms with E-state index in [1.54, 1.807) is 19.2 Å². The van der Waals surface area contributed by atoms with E-state index in [0.29, 0.717) is 17.9 Å². The minimum atomic E-state index is -0.103. The van der Waals surface area contributed by atoms with E-state index in [2.05, 4.69) is 17.2 Å². The highest BCUT2D eigenvalue weighted by Crippen LogP contribution is 2.25. The quantitative estimate of drug-likeness (QED) is 0.815. The summed E-state index contributed by atoms with van der Waals surface area (Å²) in [6, 6.07) is 5.34. The zero-order valence-electron chi connectivity index (χ0n) is 11.5. The Hall–Kier alpha value is -1.99. The van der Waals surface area contributed by atoms with Crippen molar-refractivity contribution in [3.05, 3.63) is 23.8 Å². The smallest absolute Gasteiger partial charge is 0.227 e. The van der Waals surface area contributed by atoms with Gasteiger partial charge in [-0.25, -0.2) is 0 Å². The van der Waals surface area contributed by atoms with Crippen LogP contribution in [0.4, 0.5) is 5.69 Å². The van der Waals surface area contributed by atoms with Gasteiger partial charge < -0.3 is 15.2 Å². The summed E-state index contributed by atoms with van der Waals surface area (Å²) in [6.45, 7) is 3.69. The number of rotatable bonds is 4. The van der Waals surface area contributed by atoms with E-state index in [9.17, 15) is 4.79 Å². The molecule has 0 bridgehead atoms. The summed E-state index contributed by atoms with van der Waals surface area (Å²) >= 11 is 0. The van der Waals surface area contributed by atoms with Crippen molar-refractivity contribution in [3.63, 3.8) is 0 Å². The van der Waals surface area contributed by atoms with Crippen molar-refractivity contribution in [2.24, 2.45) is 5.92 Å². The number of carbonyl (C=O) groups is 1. The number of anilines is 1. The molecular formula is C15H19NO3.